The van der Waals surface area contributed by atoms with E-state index in [1.165, 1.54) is 0 Å². The van der Waals surface area contributed by atoms with E-state index in [4.69, 9.17) is 0 Å². The second-order valence-corrected chi connectivity index (χ2v) is 4.70. The van der Waals surface area contributed by atoms with Crippen LogP contribution in [0, 0.1) is 6.92 Å². The Morgan fingerprint density at radius 2 is 2.06 bits per heavy atom. The number of carboxylic acids is 1. The molecule has 5 nitrogen and oxygen atoms in total. The summed E-state index contributed by atoms with van der Waals surface area (Å²) in [6.45, 7) is 2.48. The second-order valence-electron chi connectivity index (χ2n) is 3.76. The van der Waals surface area contributed by atoms with Crippen LogP contribution in [0.1, 0.15) is 11.4 Å². The molecular formula is C12H12N3O2S-. The molecule has 18 heavy (non-hydrogen) atoms. The fraction of sp³-hybridized carbons (Fsp3) is 0.250. The third-order valence-electron chi connectivity index (χ3n) is 2.40. The number of carboxylic acid groups (broad SMARTS) is 1. The van der Waals surface area contributed by atoms with E-state index in [1.807, 2.05) is 41.8 Å². The summed E-state index contributed by atoms with van der Waals surface area (Å²) in [6, 6.07) is 9.89. The SMILES string of the molecule is Cc1nnc(SCC(=O)[O-])n1Cc1ccccc1. The van der Waals surface area contributed by atoms with E-state index in [0.29, 0.717) is 11.7 Å². The zero-order chi connectivity index (χ0) is 13.0. The van der Waals surface area contributed by atoms with E-state index in [2.05, 4.69) is 10.2 Å². The minimum absolute atomic E-state index is 0.118. The fourth-order valence-corrected chi connectivity index (χ4v) is 2.24. The number of nitrogens with zero attached hydrogens (tertiary/aromatic N) is 3. The number of hydrogen-bond donors (Lipinski definition) is 0. The molecule has 1 aromatic heterocycles. The largest absolute Gasteiger partial charge is 0.549 e. The van der Waals surface area contributed by atoms with Gasteiger partial charge in [0, 0.05) is 5.75 Å². The first kappa shape index (κ1) is 12.6. The van der Waals surface area contributed by atoms with Gasteiger partial charge in [0.05, 0.1) is 12.5 Å². The summed E-state index contributed by atoms with van der Waals surface area (Å²) in [5.74, 6) is -0.459. The number of carbonyl (C=O) groups excluding carboxylic acids is 1. The average molecular weight is 262 g/mol. The molecule has 0 saturated carbocycles. The summed E-state index contributed by atoms with van der Waals surface area (Å²) >= 11 is 1.12. The van der Waals surface area contributed by atoms with Crippen molar-refractivity contribution in [2.24, 2.45) is 0 Å². The van der Waals surface area contributed by atoms with Crippen molar-refractivity contribution in [1.29, 1.82) is 0 Å². The van der Waals surface area contributed by atoms with E-state index in [-0.39, 0.29) is 5.75 Å². The highest BCUT2D eigenvalue weighted by Gasteiger charge is 2.09. The lowest BCUT2D eigenvalue weighted by Crippen LogP contribution is -2.24. The van der Waals surface area contributed by atoms with Gasteiger partial charge in [-0.2, -0.15) is 0 Å². The molecule has 6 heteroatoms. The highest BCUT2D eigenvalue weighted by atomic mass is 32.2. The van der Waals surface area contributed by atoms with Crippen molar-refractivity contribution in [3.05, 3.63) is 41.7 Å². The molecule has 0 radical (unpaired) electrons. The van der Waals surface area contributed by atoms with Crippen LogP contribution in [0.3, 0.4) is 0 Å². The summed E-state index contributed by atoms with van der Waals surface area (Å²) in [7, 11) is 0. The summed E-state index contributed by atoms with van der Waals surface area (Å²) in [5.41, 5.74) is 1.12. The quantitative estimate of drug-likeness (QED) is 0.733. The van der Waals surface area contributed by atoms with Gasteiger partial charge in [0.2, 0.25) is 0 Å². The predicted molar refractivity (Wildman–Crippen MR) is 66.0 cm³/mol. The Hall–Kier alpha value is -1.82. The molecule has 0 fully saturated rings. The third-order valence-corrected chi connectivity index (χ3v) is 3.34. The molecule has 0 aliphatic heterocycles. The summed E-state index contributed by atoms with van der Waals surface area (Å²) in [5, 5.41) is 19.0. The fourth-order valence-electron chi connectivity index (χ4n) is 1.54. The number of aryl methyl sites for hydroxylation is 1. The molecule has 2 rings (SSSR count). The van der Waals surface area contributed by atoms with E-state index < -0.39 is 5.97 Å². The molecule has 94 valence electrons. The number of rotatable bonds is 5. The molecule has 0 spiro atoms. The number of benzene rings is 1. The van der Waals surface area contributed by atoms with Gasteiger partial charge in [0.25, 0.3) is 0 Å². The van der Waals surface area contributed by atoms with Crippen molar-refractivity contribution in [1.82, 2.24) is 14.8 Å². The standard InChI is InChI=1S/C12H13N3O2S/c1-9-13-14-12(18-8-11(16)17)15(9)7-10-5-3-2-4-6-10/h2-6H,7-8H2,1H3,(H,16,17)/p-1. The van der Waals surface area contributed by atoms with Crippen molar-refractivity contribution in [2.45, 2.75) is 18.6 Å². The van der Waals surface area contributed by atoms with Crippen LogP contribution in [-0.2, 0) is 11.3 Å². The number of carbonyl (C=O) groups is 1. The lowest BCUT2D eigenvalue weighted by Gasteiger charge is -2.08. The maximum absolute atomic E-state index is 10.5. The Bertz CT molecular complexity index is 540. The van der Waals surface area contributed by atoms with Crippen LogP contribution >= 0.6 is 11.8 Å². The van der Waals surface area contributed by atoms with Crippen molar-refractivity contribution in [2.75, 3.05) is 5.75 Å². The van der Waals surface area contributed by atoms with E-state index in [1.54, 1.807) is 0 Å². The van der Waals surface area contributed by atoms with E-state index >= 15 is 0 Å². The van der Waals surface area contributed by atoms with Crippen molar-refractivity contribution in [3.63, 3.8) is 0 Å². The average Bonchev–Trinajstić information content (AvgIpc) is 2.70. The molecule has 0 bridgehead atoms. The molecular weight excluding hydrogens is 250 g/mol. The van der Waals surface area contributed by atoms with Crippen LogP contribution in [-0.4, -0.2) is 26.5 Å². The van der Waals surface area contributed by atoms with Crippen molar-refractivity contribution in [3.8, 4) is 0 Å². The van der Waals surface area contributed by atoms with Gasteiger partial charge >= 0.3 is 0 Å². The Morgan fingerprint density at radius 1 is 1.33 bits per heavy atom. The first-order valence-corrected chi connectivity index (χ1v) is 6.42. The maximum atomic E-state index is 10.5. The molecule has 0 aliphatic rings. The number of aromatic nitrogens is 3. The monoisotopic (exact) mass is 262 g/mol. The highest BCUT2D eigenvalue weighted by Crippen LogP contribution is 2.17. The molecule has 0 amide bonds. The smallest absolute Gasteiger partial charge is 0.191 e. The zero-order valence-electron chi connectivity index (χ0n) is 9.87. The van der Waals surface area contributed by atoms with Gasteiger partial charge in [-0.3, -0.25) is 0 Å². The van der Waals surface area contributed by atoms with Crippen LogP contribution in [0.5, 0.6) is 0 Å². The van der Waals surface area contributed by atoms with Crippen LogP contribution in [0.4, 0.5) is 0 Å². The summed E-state index contributed by atoms with van der Waals surface area (Å²) in [4.78, 5) is 10.5. The van der Waals surface area contributed by atoms with Gasteiger partial charge in [-0.15, -0.1) is 10.2 Å². The molecule has 1 aromatic carbocycles. The number of aliphatic carboxylic acids is 1. The number of thioether (sulfide) groups is 1. The van der Waals surface area contributed by atoms with Gasteiger partial charge in [-0.25, -0.2) is 0 Å². The van der Waals surface area contributed by atoms with Crippen LogP contribution in [0.2, 0.25) is 0 Å². The Balaban J connectivity index is 2.16. The lowest BCUT2D eigenvalue weighted by molar-refractivity contribution is -0.301. The Kier molecular flexibility index (Phi) is 3.99. The van der Waals surface area contributed by atoms with Crippen LogP contribution in [0.15, 0.2) is 35.5 Å². The molecule has 0 saturated heterocycles. The normalized spacial score (nSPS) is 10.5. The molecule has 0 N–H and O–H groups in total. The Labute approximate surface area is 109 Å². The minimum Gasteiger partial charge on any atom is -0.549 e. The lowest BCUT2D eigenvalue weighted by atomic mass is 10.2. The first-order chi connectivity index (χ1) is 8.66. The Morgan fingerprint density at radius 3 is 2.72 bits per heavy atom. The number of hydrogen-bond acceptors (Lipinski definition) is 5. The van der Waals surface area contributed by atoms with E-state index in [9.17, 15) is 9.90 Å². The third kappa shape index (κ3) is 3.10. The van der Waals surface area contributed by atoms with Crippen LogP contribution < -0.4 is 5.11 Å². The van der Waals surface area contributed by atoms with E-state index in [0.717, 1.165) is 23.1 Å². The van der Waals surface area contributed by atoms with Crippen LogP contribution in [0.25, 0.3) is 0 Å². The maximum Gasteiger partial charge on any atom is 0.191 e. The molecule has 0 unspecified atom stereocenters. The second kappa shape index (κ2) is 5.68. The molecule has 2 aromatic rings. The van der Waals surface area contributed by atoms with Crippen molar-refractivity contribution < 1.29 is 9.90 Å². The molecule has 0 aliphatic carbocycles. The first-order valence-electron chi connectivity index (χ1n) is 5.43. The summed E-state index contributed by atoms with van der Waals surface area (Å²) < 4.78 is 1.89. The van der Waals surface area contributed by atoms with Gasteiger partial charge in [-0.1, -0.05) is 42.1 Å². The molecule has 0 atom stereocenters. The zero-order valence-corrected chi connectivity index (χ0v) is 10.7. The van der Waals surface area contributed by atoms with Gasteiger partial charge in [0.1, 0.15) is 5.82 Å². The van der Waals surface area contributed by atoms with Gasteiger partial charge in [0.15, 0.2) is 5.16 Å². The summed E-state index contributed by atoms with van der Waals surface area (Å²) in [6.07, 6.45) is 0. The minimum atomic E-state index is -1.10. The molecule has 1 heterocycles. The topological polar surface area (TPSA) is 70.8 Å². The van der Waals surface area contributed by atoms with Gasteiger partial charge < -0.3 is 14.5 Å². The van der Waals surface area contributed by atoms with Gasteiger partial charge in [-0.05, 0) is 12.5 Å². The predicted octanol–water partition coefficient (Wildman–Crippen LogP) is 0.477. The highest BCUT2D eigenvalue weighted by molar-refractivity contribution is 7.99. The van der Waals surface area contributed by atoms with Crippen molar-refractivity contribution >= 4 is 17.7 Å².